The minimum atomic E-state index is -0.720. The fraction of sp³-hybridized carbons (Fsp3) is 0.292. The predicted octanol–water partition coefficient (Wildman–Crippen LogP) is 4.28. The highest BCUT2D eigenvalue weighted by Crippen LogP contribution is 2.32. The molecule has 1 unspecified atom stereocenters. The first-order valence-corrected chi connectivity index (χ1v) is 10.8. The minimum Gasteiger partial charge on any atom is -0.484 e. The summed E-state index contributed by atoms with van der Waals surface area (Å²) < 4.78 is 10.9. The molecule has 1 heterocycles. The van der Waals surface area contributed by atoms with Crippen LogP contribution in [0.3, 0.4) is 0 Å². The molecule has 1 aliphatic heterocycles. The highest BCUT2D eigenvalue weighted by Gasteiger charge is 2.35. The molecule has 3 rings (SSSR count). The van der Waals surface area contributed by atoms with Crippen LogP contribution in [0, 0.1) is 0 Å². The number of ether oxygens (including phenoxy) is 2. The molecule has 174 valence electrons. The molecular formula is C24H26ClN3O5. The van der Waals surface area contributed by atoms with E-state index in [2.05, 4.69) is 10.6 Å². The first-order chi connectivity index (χ1) is 15.7. The summed E-state index contributed by atoms with van der Waals surface area (Å²) in [6.45, 7) is 5.02. The number of hydrogen-bond donors (Lipinski definition) is 2. The van der Waals surface area contributed by atoms with E-state index in [9.17, 15) is 14.4 Å². The molecule has 0 bridgehead atoms. The number of allylic oxidation sites excluding steroid dienone is 1. The summed E-state index contributed by atoms with van der Waals surface area (Å²) in [7, 11) is 1.58. The van der Waals surface area contributed by atoms with Crippen molar-refractivity contribution in [3.63, 3.8) is 0 Å². The zero-order chi connectivity index (χ0) is 24.1. The lowest BCUT2D eigenvalue weighted by Crippen LogP contribution is -2.46. The van der Waals surface area contributed by atoms with Crippen LogP contribution < -0.4 is 15.4 Å². The van der Waals surface area contributed by atoms with E-state index in [-0.39, 0.29) is 24.6 Å². The van der Waals surface area contributed by atoms with Crippen molar-refractivity contribution in [2.75, 3.05) is 19.0 Å². The molecule has 0 saturated heterocycles. The van der Waals surface area contributed by atoms with Gasteiger partial charge in [-0.2, -0.15) is 0 Å². The molecule has 0 aliphatic carbocycles. The maximum atomic E-state index is 12.8. The topological polar surface area (TPSA) is 97.0 Å². The molecule has 0 saturated carbocycles. The largest absolute Gasteiger partial charge is 0.484 e. The number of amides is 3. The van der Waals surface area contributed by atoms with Gasteiger partial charge in [-0.25, -0.2) is 9.59 Å². The molecule has 3 amide bonds. The second-order valence-electron chi connectivity index (χ2n) is 7.81. The Balaban J connectivity index is 1.77. The van der Waals surface area contributed by atoms with Crippen molar-refractivity contribution in [3.05, 3.63) is 70.4 Å². The van der Waals surface area contributed by atoms with Gasteiger partial charge in [0.05, 0.1) is 17.7 Å². The van der Waals surface area contributed by atoms with Gasteiger partial charge in [0.1, 0.15) is 5.75 Å². The summed E-state index contributed by atoms with van der Waals surface area (Å²) >= 11 is 5.85. The monoisotopic (exact) mass is 471 g/mol. The molecule has 33 heavy (non-hydrogen) atoms. The lowest BCUT2D eigenvalue weighted by atomic mass is 9.94. The smallest absolute Gasteiger partial charge is 0.338 e. The second-order valence-corrected chi connectivity index (χ2v) is 8.25. The van der Waals surface area contributed by atoms with Gasteiger partial charge in [-0.05, 0) is 62.7 Å². The lowest BCUT2D eigenvalue weighted by molar-refractivity contribution is -0.143. The third kappa shape index (κ3) is 6.04. The number of carbonyl (C=O) groups is 3. The number of hydrogen-bond acceptors (Lipinski definition) is 5. The number of urea groups is 1. The Morgan fingerprint density at radius 3 is 2.55 bits per heavy atom. The fourth-order valence-electron chi connectivity index (χ4n) is 3.30. The highest BCUT2D eigenvalue weighted by atomic mass is 35.5. The third-order valence-corrected chi connectivity index (χ3v) is 5.26. The van der Waals surface area contributed by atoms with Gasteiger partial charge >= 0.3 is 12.0 Å². The molecule has 2 aromatic rings. The summed E-state index contributed by atoms with van der Waals surface area (Å²) in [5.41, 5.74) is 1.96. The van der Waals surface area contributed by atoms with Crippen LogP contribution in [0.1, 0.15) is 32.4 Å². The van der Waals surface area contributed by atoms with E-state index in [1.807, 2.05) is 0 Å². The predicted molar refractivity (Wildman–Crippen MR) is 125 cm³/mol. The van der Waals surface area contributed by atoms with Crippen LogP contribution in [0.25, 0.3) is 0 Å². The number of esters is 1. The Morgan fingerprint density at radius 2 is 1.88 bits per heavy atom. The van der Waals surface area contributed by atoms with E-state index in [1.165, 1.54) is 4.90 Å². The maximum Gasteiger partial charge on any atom is 0.338 e. The zero-order valence-corrected chi connectivity index (χ0v) is 19.6. The van der Waals surface area contributed by atoms with Crippen molar-refractivity contribution in [1.29, 1.82) is 0 Å². The van der Waals surface area contributed by atoms with E-state index in [1.54, 1.807) is 76.3 Å². The first kappa shape index (κ1) is 24.1. The average molecular weight is 472 g/mol. The number of anilines is 1. The van der Waals surface area contributed by atoms with Gasteiger partial charge in [0.25, 0.3) is 5.91 Å². The Bertz CT molecular complexity index is 1080. The molecule has 1 atom stereocenters. The number of carbonyl (C=O) groups excluding carboxylic acids is 3. The van der Waals surface area contributed by atoms with Crippen molar-refractivity contribution in [2.24, 2.45) is 0 Å². The maximum absolute atomic E-state index is 12.8. The number of benzene rings is 2. The number of halogens is 1. The lowest BCUT2D eigenvalue weighted by Gasteiger charge is -2.33. The van der Waals surface area contributed by atoms with Crippen molar-refractivity contribution < 1.29 is 23.9 Å². The highest BCUT2D eigenvalue weighted by molar-refractivity contribution is 6.30. The van der Waals surface area contributed by atoms with E-state index < -0.39 is 12.0 Å². The number of nitrogens with zero attached hydrogens (tertiary/aromatic N) is 1. The summed E-state index contributed by atoms with van der Waals surface area (Å²) in [4.78, 5) is 38.9. The summed E-state index contributed by atoms with van der Waals surface area (Å²) in [6, 6.07) is 12.5. The molecule has 8 nitrogen and oxygen atoms in total. The quantitative estimate of drug-likeness (QED) is 0.587. The summed E-state index contributed by atoms with van der Waals surface area (Å²) in [5, 5.41) is 6.17. The second kappa shape index (κ2) is 10.4. The van der Waals surface area contributed by atoms with Gasteiger partial charge in [0, 0.05) is 23.5 Å². The molecule has 0 fully saturated rings. The van der Waals surface area contributed by atoms with E-state index in [0.717, 1.165) is 0 Å². The molecule has 1 aliphatic rings. The van der Waals surface area contributed by atoms with Crippen molar-refractivity contribution in [1.82, 2.24) is 10.2 Å². The van der Waals surface area contributed by atoms with Crippen LogP contribution in [-0.2, 0) is 14.3 Å². The van der Waals surface area contributed by atoms with Crippen LogP contribution in [0.15, 0.2) is 59.8 Å². The molecule has 2 N–H and O–H groups in total. The van der Waals surface area contributed by atoms with Gasteiger partial charge in [0.2, 0.25) is 0 Å². The first-order valence-electron chi connectivity index (χ1n) is 10.4. The molecule has 0 spiro atoms. The van der Waals surface area contributed by atoms with E-state index in [4.69, 9.17) is 21.1 Å². The van der Waals surface area contributed by atoms with Gasteiger partial charge in [-0.15, -0.1) is 0 Å². The normalized spacial score (nSPS) is 15.9. The van der Waals surface area contributed by atoms with Crippen LogP contribution in [0.4, 0.5) is 10.5 Å². The van der Waals surface area contributed by atoms with Crippen molar-refractivity contribution in [2.45, 2.75) is 32.9 Å². The Kier molecular flexibility index (Phi) is 7.60. The SMILES string of the molecule is CC1=C(C(=O)OC(C)C)C(c2cccc(NC(=O)COc3ccc(Cl)cc3)c2)NC(=O)N1C. The van der Waals surface area contributed by atoms with E-state index in [0.29, 0.717) is 33.3 Å². The van der Waals surface area contributed by atoms with Crippen molar-refractivity contribution in [3.8, 4) is 5.75 Å². The standard InChI is InChI=1S/C24H26ClN3O5/c1-14(2)33-23(30)21-15(3)28(4)24(31)27-22(21)16-6-5-7-18(12-16)26-20(29)13-32-19-10-8-17(25)9-11-19/h5-12,14,22H,13H2,1-4H3,(H,26,29)(H,27,31). The number of rotatable bonds is 7. The number of nitrogens with one attached hydrogen (secondary N) is 2. The molecular weight excluding hydrogens is 446 g/mol. The van der Waals surface area contributed by atoms with Gasteiger partial charge in [-0.3, -0.25) is 4.79 Å². The van der Waals surface area contributed by atoms with Gasteiger partial charge < -0.3 is 25.0 Å². The van der Waals surface area contributed by atoms with Crippen LogP contribution in [0.2, 0.25) is 5.02 Å². The Morgan fingerprint density at radius 1 is 1.18 bits per heavy atom. The summed E-state index contributed by atoms with van der Waals surface area (Å²) in [5.74, 6) is -0.350. The Hall–Kier alpha value is -3.52. The fourth-order valence-corrected chi connectivity index (χ4v) is 3.43. The van der Waals surface area contributed by atoms with Gasteiger partial charge in [-0.1, -0.05) is 23.7 Å². The molecule has 0 aromatic heterocycles. The third-order valence-electron chi connectivity index (χ3n) is 5.00. The van der Waals surface area contributed by atoms with Crippen LogP contribution in [-0.4, -0.2) is 42.6 Å². The van der Waals surface area contributed by atoms with Crippen LogP contribution >= 0.6 is 11.6 Å². The summed E-state index contributed by atoms with van der Waals surface area (Å²) in [6.07, 6.45) is -0.312. The van der Waals surface area contributed by atoms with Crippen molar-refractivity contribution >= 4 is 35.2 Å². The molecule has 2 aromatic carbocycles. The average Bonchev–Trinajstić information content (AvgIpc) is 2.76. The van der Waals surface area contributed by atoms with Gasteiger partial charge in [0.15, 0.2) is 6.61 Å². The molecule has 0 radical (unpaired) electrons. The van der Waals surface area contributed by atoms with E-state index >= 15 is 0 Å². The molecule has 9 heteroatoms. The Labute approximate surface area is 197 Å². The zero-order valence-electron chi connectivity index (χ0n) is 18.8. The minimum absolute atomic E-state index is 0.193. The van der Waals surface area contributed by atoms with Crippen LogP contribution in [0.5, 0.6) is 5.75 Å².